The summed E-state index contributed by atoms with van der Waals surface area (Å²) >= 11 is 0. The Morgan fingerprint density at radius 1 is 1.06 bits per heavy atom. The maximum atomic E-state index is 13.0. The van der Waals surface area contributed by atoms with E-state index in [-0.39, 0.29) is 17.9 Å². The average Bonchev–Trinajstić information content (AvgIpc) is 3.30. The molecule has 2 aliphatic rings. The van der Waals surface area contributed by atoms with Crippen LogP contribution >= 0.6 is 0 Å². The van der Waals surface area contributed by atoms with Crippen LogP contribution < -0.4 is 24.5 Å². The fraction of sp³-hybridized carbons (Fsp3) is 0.333. The molecule has 0 radical (unpaired) electrons. The topological polar surface area (TPSA) is 76.0 Å². The van der Waals surface area contributed by atoms with E-state index in [1.807, 2.05) is 31.2 Å². The van der Waals surface area contributed by atoms with Crippen molar-refractivity contribution in [2.24, 2.45) is 7.05 Å². The first kappa shape index (κ1) is 22.1. The van der Waals surface area contributed by atoms with Gasteiger partial charge in [0, 0.05) is 37.6 Å². The first-order valence-electron chi connectivity index (χ1n) is 11.4. The van der Waals surface area contributed by atoms with Gasteiger partial charge < -0.3 is 23.5 Å². The lowest BCUT2D eigenvalue weighted by Crippen LogP contribution is -2.32. The van der Waals surface area contributed by atoms with Gasteiger partial charge in [-0.15, -0.1) is 0 Å². The second kappa shape index (κ2) is 8.89. The van der Waals surface area contributed by atoms with Crippen molar-refractivity contribution in [3.8, 4) is 23.0 Å². The molecule has 3 aromatic rings. The van der Waals surface area contributed by atoms with Gasteiger partial charge in [-0.05, 0) is 41.8 Å². The summed E-state index contributed by atoms with van der Waals surface area (Å²) in [5, 5.41) is 0. The smallest absolute Gasteiger partial charge is 0.312 e. The zero-order valence-electron chi connectivity index (χ0n) is 19.6. The molecule has 5 rings (SSSR count). The molecule has 0 bridgehead atoms. The van der Waals surface area contributed by atoms with Crippen molar-refractivity contribution in [2.45, 2.75) is 32.1 Å². The molecule has 0 fully saturated rings. The fourth-order valence-corrected chi connectivity index (χ4v) is 4.63. The highest BCUT2D eigenvalue weighted by atomic mass is 16.5. The summed E-state index contributed by atoms with van der Waals surface area (Å²) in [6, 6.07) is 13.6. The monoisotopic (exact) mass is 461 g/mol. The van der Waals surface area contributed by atoms with Crippen LogP contribution in [0.5, 0.6) is 23.0 Å². The van der Waals surface area contributed by atoms with Gasteiger partial charge in [0.2, 0.25) is 0 Å². The Bertz CT molecular complexity index is 1330. The van der Waals surface area contributed by atoms with Gasteiger partial charge in [-0.2, -0.15) is 0 Å². The number of methoxy groups -OCH3 is 1. The number of hydrogen-bond donors (Lipinski definition) is 0. The molecular weight excluding hydrogens is 434 g/mol. The minimum Gasteiger partial charge on any atom is -0.493 e. The molecule has 0 saturated heterocycles. The predicted octanol–water partition coefficient (Wildman–Crippen LogP) is 3.70. The summed E-state index contributed by atoms with van der Waals surface area (Å²) in [6.07, 6.45) is 1.80. The Labute approximate surface area is 197 Å². The van der Waals surface area contributed by atoms with Crippen molar-refractivity contribution < 1.29 is 23.7 Å². The van der Waals surface area contributed by atoms with Crippen LogP contribution in [0.15, 0.2) is 47.3 Å². The summed E-state index contributed by atoms with van der Waals surface area (Å²) in [6.45, 7) is 3.05. The molecule has 7 heteroatoms. The molecule has 0 aliphatic carbocycles. The molecule has 0 saturated carbocycles. The van der Waals surface area contributed by atoms with E-state index >= 15 is 0 Å². The Kier molecular flexibility index (Phi) is 5.77. The van der Waals surface area contributed by atoms with E-state index < -0.39 is 5.92 Å². The van der Waals surface area contributed by atoms with E-state index in [0.29, 0.717) is 29.4 Å². The lowest BCUT2D eigenvalue weighted by atomic mass is 9.86. The van der Waals surface area contributed by atoms with E-state index in [9.17, 15) is 9.59 Å². The van der Waals surface area contributed by atoms with Gasteiger partial charge in [0.05, 0.1) is 32.3 Å². The largest absolute Gasteiger partial charge is 0.493 e. The van der Waals surface area contributed by atoms with E-state index in [1.165, 1.54) is 11.1 Å². The van der Waals surface area contributed by atoms with Gasteiger partial charge in [-0.25, -0.2) is 0 Å². The zero-order valence-corrected chi connectivity index (χ0v) is 19.6. The molecule has 0 amide bonds. The third-order valence-electron chi connectivity index (χ3n) is 6.60. The molecule has 1 atom stereocenters. The van der Waals surface area contributed by atoms with Crippen molar-refractivity contribution in [3.63, 3.8) is 0 Å². The van der Waals surface area contributed by atoms with Gasteiger partial charge in [-0.1, -0.05) is 18.2 Å². The number of rotatable bonds is 6. The Morgan fingerprint density at radius 3 is 2.74 bits per heavy atom. The number of aromatic nitrogens is 1. The molecule has 0 unspecified atom stereocenters. The van der Waals surface area contributed by atoms with E-state index in [2.05, 4.69) is 12.1 Å². The quantitative estimate of drug-likeness (QED) is 0.521. The highest BCUT2D eigenvalue weighted by Crippen LogP contribution is 2.40. The highest BCUT2D eigenvalue weighted by Gasteiger charge is 2.32. The Hall–Kier alpha value is -3.74. The summed E-state index contributed by atoms with van der Waals surface area (Å²) in [7, 11) is 3.30. The van der Waals surface area contributed by atoms with Gasteiger partial charge in [0.15, 0.2) is 11.5 Å². The molecule has 34 heavy (non-hydrogen) atoms. The highest BCUT2D eigenvalue weighted by molar-refractivity contribution is 5.77. The van der Waals surface area contributed by atoms with Crippen molar-refractivity contribution in [3.05, 3.63) is 80.8 Å². The maximum absolute atomic E-state index is 13.0. The van der Waals surface area contributed by atoms with Crippen molar-refractivity contribution >= 4 is 5.97 Å². The summed E-state index contributed by atoms with van der Waals surface area (Å²) in [4.78, 5) is 25.3. The Morgan fingerprint density at radius 2 is 1.91 bits per heavy atom. The third kappa shape index (κ3) is 4.02. The minimum absolute atomic E-state index is 0.0940. The molecule has 176 valence electrons. The second-order valence-corrected chi connectivity index (χ2v) is 8.71. The Balaban J connectivity index is 1.37. The third-order valence-corrected chi connectivity index (χ3v) is 6.60. The lowest BCUT2D eigenvalue weighted by Gasteiger charge is -2.26. The summed E-state index contributed by atoms with van der Waals surface area (Å²) < 4.78 is 24.1. The number of benzene rings is 2. The molecule has 2 aromatic carbocycles. The van der Waals surface area contributed by atoms with Crippen LogP contribution in [0.1, 0.15) is 40.3 Å². The molecule has 0 spiro atoms. The number of carbonyl (C=O) groups excluding carboxylic acids is 1. The zero-order chi connectivity index (χ0) is 23.8. The number of esters is 1. The van der Waals surface area contributed by atoms with E-state index in [4.69, 9.17) is 18.9 Å². The van der Waals surface area contributed by atoms with Crippen LogP contribution in [0, 0.1) is 6.92 Å². The number of hydrogen-bond acceptors (Lipinski definition) is 6. The standard InChI is InChI=1S/C27H27NO6/c1-16-12-24-26(27(30)28(16)2)20(15-25(29)34-24)18-5-7-22(23(14-18)31-3)33-10-8-17-4-6-21-19(13-17)9-11-32-21/h4-7,12-14,20H,8-11,15H2,1-3H3/t20-/m0/s1. The molecule has 7 nitrogen and oxygen atoms in total. The number of nitrogens with zero attached hydrogens (tertiary/aromatic N) is 1. The van der Waals surface area contributed by atoms with Gasteiger partial charge in [-0.3, -0.25) is 9.59 Å². The second-order valence-electron chi connectivity index (χ2n) is 8.71. The van der Waals surface area contributed by atoms with Crippen LogP contribution in [0.4, 0.5) is 0 Å². The van der Waals surface area contributed by atoms with E-state index in [1.54, 1.807) is 24.8 Å². The van der Waals surface area contributed by atoms with Gasteiger partial charge in [0.25, 0.3) is 5.56 Å². The number of ether oxygens (including phenoxy) is 4. The molecule has 0 N–H and O–H groups in total. The van der Waals surface area contributed by atoms with E-state index in [0.717, 1.165) is 36.5 Å². The minimum atomic E-state index is -0.410. The molecular formula is C27H27NO6. The number of carbonyl (C=O) groups is 1. The number of aryl methyl sites for hydroxylation is 1. The lowest BCUT2D eigenvalue weighted by molar-refractivity contribution is -0.135. The van der Waals surface area contributed by atoms with Crippen LogP contribution in [-0.2, 0) is 24.7 Å². The van der Waals surface area contributed by atoms with Crippen LogP contribution in [0.25, 0.3) is 0 Å². The maximum Gasteiger partial charge on any atom is 0.312 e. The first-order chi connectivity index (χ1) is 16.4. The molecule has 1 aromatic heterocycles. The first-order valence-corrected chi connectivity index (χ1v) is 11.4. The van der Waals surface area contributed by atoms with Crippen LogP contribution in [0.2, 0.25) is 0 Å². The van der Waals surface area contributed by atoms with Gasteiger partial charge in [0.1, 0.15) is 11.5 Å². The van der Waals surface area contributed by atoms with Crippen molar-refractivity contribution in [1.29, 1.82) is 0 Å². The summed E-state index contributed by atoms with van der Waals surface area (Å²) in [5.74, 6) is 1.72. The SMILES string of the molecule is COc1cc([C@@H]2CC(=O)Oc3cc(C)n(C)c(=O)c32)ccc1OCCc1ccc2c(c1)CCO2. The molecule has 3 heterocycles. The fourth-order valence-electron chi connectivity index (χ4n) is 4.63. The number of fused-ring (bicyclic) bond motifs is 2. The summed E-state index contributed by atoms with van der Waals surface area (Å²) in [5.41, 5.74) is 4.31. The van der Waals surface area contributed by atoms with Crippen LogP contribution in [0.3, 0.4) is 0 Å². The number of pyridine rings is 1. The van der Waals surface area contributed by atoms with Crippen LogP contribution in [-0.4, -0.2) is 30.9 Å². The van der Waals surface area contributed by atoms with Gasteiger partial charge >= 0.3 is 5.97 Å². The normalized spacial score (nSPS) is 16.3. The van der Waals surface area contributed by atoms with Crippen molar-refractivity contribution in [1.82, 2.24) is 4.57 Å². The predicted molar refractivity (Wildman–Crippen MR) is 126 cm³/mol. The molecule has 2 aliphatic heterocycles. The van der Waals surface area contributed by atoms with Crippen molar-refractivity contribution in [2.75, 3.05) is 20.3 Å². The average molecular weight is 462 g/mol.